The number of hydrogen-bond acceptors (Lipinski definition) is 7. The van der Waals surface area contributed by atoms with Gasteiger partial charge < -0.3 is 13.9 Å². The van der Waals surface area contributed by atoms with Gasteiger partial charge in [0.05, 0.1) is 38.5 Å². The summed E-state index contributed by atoms with van der Waals surface area (Å²) in [4.78, 5) is 13.2. The van der Waals surface area contributed by atoms with E-state index in [1.165, 1.54) is 11.3 Å². The number of rotatable bonds is 7. The third-order valence-corrected chi connectivity index (χ3v) is 5.75. The van der Waals surface area contributed by atoms with Crippen molar-refractivity contribution < 1.29 is 27.1 Å². The molecule has 1 amide bonds. The maximum atomic E-state index is 13.2. The fourth-order valence-corrected chi connectivity index (χ4v) is 4.24. The van der Waals surface area contributed by atoms with Crippen molar-refractivity contribution in [3.63, 3.8) is 0 Å². The lowest BCUT2D eigenvalue weighted by molar-refractivity contribution is 0.0678. The first-order chi connectivity index (χ1) is 15.8. The Balaban J connectivity index is 1.73. The lowest BCUT2D eigenvalue weighted by atomic mass is 9.97. The number of sulfonamides is 1. The molecule has 4 rings (SSSR count). The summed E-state index contributed by atoms with van der Waals surface area (Å²) in [7, 11) is -0.332. The highest BCUT2D eigenvalue weighted by atomic mass is 32.2. The number of ether oxygens (including phenoxy) is 2. The van der Waals surface area contributed by atoms with Crippen molar-refractivity contribution in [2.24, 2.45) is 5.10 Å². The number of anilines is 1. The summed E-state index contributed by atoms with van der Waals surface area (Å²) < 4.78 is 41.8. The second kappa shape index (κ2) is 8.99. The standard InChI is InChI=1S/C23H23N3O6S/c1-30-20-10-9-16(13-22(20)31-2)19-14-18(24-26(19)23(27)21-8-5-11-32-21)15-6-4-7-17(12-15)25-33(3,28)29/h4-13,19,25H,14H2,1-3H3. The Morgan fingerprint density at radius 2 is 1.88 bits per heavy atom. The molecule has 0 spiro atoms. The monoisotopic (exact) mass is 469 g/mol. The Bertz CT molecular complexity index is 1300. The zero-order chi connectivity index (χ0) is 23.6. The van der Waals surface area contributed by atoms with E-state index >= 15 is 0 Å². The van der Waals surface area contributed by atoms with Gasteiger partial charge in [-0.15, -0.1) is 0 Å². The highest BCUT2D eigenvalue weighted by Gasteiger charge is 2.35. The van der Waals surface area contributed by atoms with E-state index in [2.05, 4.69) is 9.82 Å². The average molecular weight is 470 g/mol. The number of methoxy groups -OCH3 is 2. The van der Waals surface area contributed by atoms with E-state index in [0.717, 1.165) is 11.8 Å². The lowest BCUT2D eigenvalue weighted by Gasteiger charge is -2.22. The van der Waals surface area contributed by atoms with Gasteiger partial charge in [0.2, 0.25) is 10.0 Å². The molecule has 10 heteroatoms. The van der Waals surface area contributed by atoms with Gasteiger partial charge in [-0.3, -0.25) is 9.52 Å². The Hall–Kier alpha value is -3.79. The largest absolute Gasteiger partial charge is 0.493 e. The smallest absolute Gasteiger partial charge is 0.310 e. The molecular formula is C23H23N3O6S. The zero-order valence-electron chi connectivity index (χ0n) is 18.3. The fourth-order valence-electron chi connectivity index (χ4n) is 3.68. The number of nitrogens with zero attached hydrogens (tertiary/aromatic N) is 2. The molecule has 2 aromatic carbocycles. The van der Waals surface area contributed by atoms with E-state index in [0.29, 0.717) is 34.9 Å². The Kier molecular flexibility index (Phi) is 6.10. The van der Waals surface area contributed by atoms with E-state index in [4.69, 9.17) is 13.9 Å². The van der Waals surface area contributed by atoms with Crippen LogP contribution < -0.4 is 14.2 Å². The van der Waals surface area contributed by atoms with E-state index in [9.17, 15) is 13.2 Å². The maximum absolute atomic E-state index is 13.2. The SMILES string of the molecule is COc1ccc(C2CC(c3cccc(NS(C)(=O)=O)c3)=NN2C(=O)c2ccco2)cc1OC. The zero-order valence-corrected chi connectivity index (χ0v) is 19.1. The molecule has 172 valence electrons. The number of carbonyl (C=O) groups excluding carboxylic acids is 1. The van der Waals surface area contributed by atoms with Crippen molar-refractivity contribution in [3.8, 4) is 11.5 Å². The average Bonchev–Trinajstić information content (AvgIpc) is 3.48. The van der Waals surface area contributed by atoms with Gasteiger partial charge in [0.1, 0.15) is 0 Å². The first kappa shape index (κ1) is 22.4. The summed E-state index contributed by atoms with van der Waals surface area (Å²) >= 11 is 0. The summed E-state index contributed by atoms with van der Waals surface area (Å²) in [6.07, 6.45) is 2.92. The topological polar surface area (TPSA) is 110 Å². The molecule has 0 saturated carbocycles. The lowest BCUT2D eigenvalue weighted by Crippen LogP contribution is -2.26. The Morgan fingerprint density at radius 1 is 1.09 bits per heavy atom. The highest BCUT2D eigenvalue weighted by molar-refractivity contribution is 7.92. The number of hydrazone groups is 1. The molecule has 2 heterocycles. The van der Waals surface area contributed by atoms with Crippen LogP contribution >= 0.6 is 0 Å². The van der Waals surface area contributed by atoms with Crippen LogP contribution in [0.25, 0.3) is 0 Å². The molecule has 1 atom stereocenters. The molecule has 0 aliphatic carbocycles. The van der Waals surface area contributed by atoms with Crippen molar-refractivity contribution in [2.45, 2.75) is 12.5 Å². The number of nitrogens with one attached hydrogen (secondary N) is 1. The van der Waals surface area contributed by atoms with Crippen LogP contribution in [0, 0.1) is 0 Å². The van der Waals surface area contributed by atoms with E-state index in [-0.39, 0.29) is 11.7 Å². The van der Waals surface area contributed by atoms with Gasteiger partial charge in [0, 0.05) is 12.1 Å². The van der Waals surface area contributed by atoms with Gasteiger partial charge in [-0.05, 0) is 47.5 Å². The minimum absolute atomic E-state index is 0.165. The fraction of sp³-hybridized carbons (Fsp3) is 0.217. The van der Waals surface area contributed by atoms with Crippen LogP contribution in [0.15, 0.2) is 70.4 Å². The molecule has 1 aliphatic heterocycles. The first-order valence-electron chi connectivity index (χ1n) is 10.0. The first-order valence-corrected chi connectivity index (χ1v) is 11.9. The van der Waals surface area contributed by atoms with Crippen molar-refractivity contribution in [1.82, 2.24) is 5.01 Å². The van der Waals surface area contributed by atoms with Crippen LogP contribution in [-0.4, -0.2) is 45.5 Å². The summed E-state index contributed by atoms with van der Waals surface area (Å²) in [6.45, 7) is 0. The molecule has 0 radical (unpaired) electrons. The summed E-state index contributed by atoms with van der Waals surface area (Å²) in [6, 6.07) is 15.1. The predicted octanol–water partition coefficient (Wildman–Crippen LogP) is 3.66. The number of furan rings is 1. The van der Waals surface area contributed by atoms with Crippen LogP contribution in [0.5, 0.6) is 11.5 Å². The van der Waals surface area contributed by atoms with Gasteiger partial charge in [-0.25, -0.2) is 13.4 Å². The molecular weight excluding hydrogens is 446 g/mol. The van der Waals surface area contributed by atoms with Gasteiger partial charge >= 0.3 is 5.91 Å². The molecule has 33 heavy (non-hydrogen) atoms. The van der Waals surface area contributed by atoms with Crippen molar-refractivity contribution in [1.29, 1.82) is 0 Å². The molecule has 1 N–H and O–H groups in total. The maximum Gasteiger partial charge on any atom is 0.310 e. The number of benzene rings is 2. The van der Waals surface area contributed by atoms with Crippen LogP contribution in [0.1, 0.15) is 34.1 Å². The van der Waals surface area contributed by atoms with Crippen LogP contribution in [0.4, 0.5) is 5.69 Å². The van der Waals surface area contributed by atoms with Gasteiger partial charge in [0.15, 0.2) is 17.3 Å². The Labute approximate surface area is 191 Å². The Morgan fingerprint density at radius 3 is 2.55 bits per heavy atom. The minimum Gasteiger partial charge on any atom is -0.493 e. The molecule has 0 fully saturated rings. The molecule has 9 nitrogen and oxygen atoms in total. The molecule has 0 bridgehead atoms. The number of amides is 1. The van der Waals surface area contributed by atoms with Crippen molar-refractivity contribution in [3.05, 3.63) is 77.7 Å². The molecule has 1 aromatic heterocycles. The third kappa shape index (κ3) is 4.85. The summed E-state index contributed by atoms with van der Waals surface area (Å²) in [5.74, 6) is 0.884. The molecule has 1 aliphatic rings. The number of hydrogen-bond donors (Lipinski definition) is 1. The van der Waals surface area contributed by atoms with Crippen LogP contribution in [0.2, 0.25) is 0 Å². The van der Waals surface area contributed by atoms with E-state index in [1.807, 2.05) is 18.2 Å². The minimum atomic E-state index is -3.43. The number of carbonyl (C=O) groups is 1. The summed E-state index contributed by atoms with van der Waals surface area (Å²) in [5.41, 5.74) is 2.55. The van der Waals surface area contributed by atoms with Gasteiger partial charge in [0.25, 0.3) is 0 Å². The second-order valence-electron chi connectivity index (χ2n) is 7.46. The molecule has 0 saturated heterocycles. The molecule has 3 aromatic rings. The normalized spacial score (nSPS) is 15.8. The predicted molar refractivity (Wildman–Crippen MR) is 123 cm³/mol. The van der Waals surface area contributed by atoms with E-state index in [1.54, 1.807) is 50.6 Å². The highest BCUT2D eigenvalue weighted by Crippen LogP contribution is 2.38. The van der Waals surface area contributed by atoms with Gasteiger partial charge in [-0.2, -0.15) is 5.10 Å². The van der Waals surface area contributed by atoms with Crippen molar-refractivity contribution >= 4 is 27.3 Å². The van der Waals surface area contributed by atoms with Crippen LogP contribution in [0.3, 0.4) is 0 Å². The summed E-state index contributed by atoms with van der Waals surface area (Å²) in [5, 5.41) is 5.98. The quantitative estimate of drug-likeness (QED) is 0.565. The van der Waals surface area contributed by atoms with E-state index < -0.39 is 16.1 Å². The van der Waals surface area contributed by atoms with Gasteiger partial charge in [-0.1, -0.05) is 18.2 Å². The third-order valence-electron chi connectivity index (χ3n) is 5.14. The molecule has 1 unspecified atom stereocenters. The van der Waals surface area contributed by atoms with Crippen molar-refractivity contribution in [2.75, 3.05) is 25.2 Å². The van der Waals surface area contributed by atoms with Crippen LogP contribution in [-0.2, 0) is 10.0 Å². The second-order valence-corrected chi connectivity index (χ2v) is 9.21.